The molecule has 94 valence electrons. The van der Waals surface area contributed by atoms with Gasteiger partial charge in [-0.2, -0.15) is 5.26 Å². The molecule has 0 fully saturated rings. The van der Waals surface area contributed by atoms with Crippen molar-refractivity contribution in [3.05, 3.63) is 42.1 Å². The number of aromatic nitrogens is 2. The van der Waals surface area contributed by atoms with Gasteiger partial charge < -0.3 is 4.74 Å². The number of benzene rings is 1. The van der Waals surface area contributed by atoms with E-state index in [1.165, 1.54) is 13.3 Å². The summed E-state index contributed by atoms with van der Waals surface area (Å²) in [5.41, 5.74) is 0.963. The maximum atomic E-state index is 11.2. The molecule has 1 heterocycles. The van der Waals surface area contributed by atoms with E-state index in [-0.39, 0.29) is 11.4 Å². The third-order valence-electron chi connectivity index (χ3n) is 2.35. The summed E-state index contributed by atoms with van der Waals surface area (Å²) < 4.78 is 4.48. The van der Waals surface area contributed by atoms with Crippen LogP contribution in [-0.4, -0.2) is 23.2 Å². The topological polar surface area (TPSA) is 87.9 Å². The summed E-state index contributed by atoms with van der Waals surface area (Å²) in [6.45, 7) is 0. The number of hydrogen-bond acceptors (Lipinski definition) is 5. The number of amides is 1. The van der Waals surface area contributed by atoms with Gasteiger partial charge in [0.25, 0.3) is 0 Å². The molecule has 1 aromatic heterocycles. The molecule has 0 aliphatic carbocycles. The van der Waals surface area contributed by atoms with E-state index in [0.29, 0.717) is 5.82 Å². The van der Waals surface area contributed by atoms with Crippen LogP contribution in [0, 0.1) is 11.3 Å². The first kappa shape index (κ1) is 12.5. The second kappa shape index (κ2) is 5.60. The van der Waals surface area contributed by atoms with Crippen LogP contribution in [0.5, 0.6) is 0 Å². The van der Waals surface area contributed by atoms with Crippen molar-refractivity contribution in [2.45, 2.75) is 0 Å². The van der Waals surface area contributed by atoms with Crippen LogP contribution < -0.4 is 5.32 Å². The number of carbonyl (C=O) groups excluding carboxylic acids is 1. The van der Waals surface area contributed by atoms with E-state index in [9.17, 15) is 4.79 Å². The summed E-state index contributed by atoms with van der Waals surface area (Å²) in [6, 6.07) is 11.2. The Hall–Kier alpha value is -2.94. The number of carbonyl (C=O) groups is 1. The molecule has 0 unspecified atom stereocenters. The lowest BCUT2D eigenvalue weighted by Gasteiger charge is -2.06. The summed E-state index contributed by atoms with van der Waals surface area (Å²) in [5.74, 6) is 0.550. The Morgan fingerprint density at radius 3 is 2.74 bits per heavy atom. The Labute approximate surface area is 109 Å². The van der Waals surface area contributed by atoms with E-state index in [2.05, 4.69) is 20.0 Å². The van der Waals surface area contributed by atoms with Crippen molar-refractivity contribution < 1.29 is 9.53 Å². The average molecular weight is 254 g/mol. The molecule has 0 saturated heterocycles. The smallest absolute Gasteiger partial charge is 0.412 e. The maximum Gasteiger partial charge on any atom is 0.412 e. The average Bonchev–Trinajstić information content (AvgIpc) is 2.48. The van der Waals surface area contributed by atoms with Crippen LogP contribution in [-0.2, 0) is 4.74 Å². The summed E-state index contributed by atoms with van der Waals surface area (Å²) in [7, 11) is 1.24. The molecule has 1 amide bonds. The number of hydrogen-bond donors (Lipinski definition) is 1. The zero-order valence-corrected chi connectivity index (χ0v) is 10.1. The van der Waals surface area contributed by atoms with E-state index in [0.717, 1.165) is 5.56 Å². The molecule has 2 rings (SSSR count). The van der Waals surface area contributed by atoms with Crippen LogP contribution in [0.1, 0.15) is 5.56 Å². The van der Waals surface area contributed by atoms with E-state index in [1.807, 2.05) is 36.4 Å². The molecular weight excluding hydrogens is 244 g/mol. The predicted octanol–water partition coefficient (Wildman–Crippen LogP) is 2.19. The van der Waals surface area contributed by atoms with Gasteiger partial charge in [-0.1, -0.05) is 30.3 Å². The van der Waals surface area contributed by atoms with Crippen LogP contribution in [0.25, 0.3) is 11.4 Å². The molecule has 0 saturated carbocycles. The minimum Gasteiger partial charge on any atom is -0.453 e. The molecule has 1 aromatic carbocycles. The van der Waals surface area contributed by atoms with Crippen molar-refractivity contribution >= 4 is 11.9 Å². The van der Waals surface area contributed by atoms with Gasteiger partial charge in [0.2, 0.25) is 0 Å². The molecule has 0 aliphatic rings. The van der Waals surface area contributed by atoms with Crippen molar-refractivity contribution in [3.8, 4) is 17.5 Å². The minimum absolute atomic E-state index is 0.128. The van der Waals surface area contributed by atoms with Gasteiger partial charge in [0.05, 0.1) is 13.3 Å². The SMILES string of the molecule is COC(=O)Nc1nc(-c2ccccc2)ncc1C#N. The van der Waals surface area contributed by atoms with Gasteiger partial charge >= 0.3 is 6.09 Å². The highest BCUT2D eigenvalue weighted by Crippen LogP contribution is 2.18. The van der Waals surface area contributed by atoms with Gasteiger partial charge in [-0.3, -0.25) is 5.32 Å². The van der Waals surface area contributed by atoms with Crippen molar-refractivity contribution in [1.29, 1.82) is 5.26 Å². The molecule has 0 spiro atoms. The fraction of sp³-hybridized carbons (Fsp3) is 0.0769. The highest BCUT2D eigenvalue weighted by atomic mass is 16.5. The maximum absolute atomic E-state index is 11.2. The quantitative estimate of drug-likeness (QED) is 0.887. The molecule has 0 bridgehead atoms. The van der Waals surface area contributed by atoms with Crippen LogP contribution in [0.4, 0.5) is 10.6 Å². The summed E-state index contributed by atoms with van der Waals surface area (Å²) in [5, 5.41) is 11.3. The molecule has 0 atom stereocenters. The number of ether oxygens (including phenoxy) is 1. The number of anilines is 1. The second-order valence-electron chi connectivity index (χ2n) is 3.55. The monoisotopic (exact) mass is 254 g/mol. The fourth-order valence-electron chi connectivity index (χ4n) is 1.43. The Kier molecular flexibility index (Phi) is 3.69. The van der Waals surface area contributed by atoms with Crippen LogP contribution in [0.15, 0.2) is 36.5 Å². The highest BCUT2D eigenvalue weighted by molar-refractivity contribution is 5.85. The molecular formula is C13H10N4O2. The van der Waals surface area contributed by atoms with Crippen molar-refractivity contribution in [2.24, 2.45) is 0 Å². The first-order valence-corrected chi connectivity index (χ1v) is 5.42. The zero-order chi connectivity index (χ0) is 13.7. The van der Waals surface area contributed by atoms with E-state index in [4.69, 9.17) is 5.26 Å². The number of rotatable bonds is 2. The van der Waals surface area contributed by atoms with Crippen molar-refractivity contribution in [2.75, 3.05) is 12.4 Å². The summed E-state index contributed by atoms with van der Waals surface area (Å²) in [6.07, 6.45) is 0.676. The van der Waals surface area contributed by atoms with Gasteiger partial charge in [-0.05, 0) is 0 Å². The number of nitrogens with zero attached hydrogens (tertiary/aromatic N) is 3. The number of methoxy groups -OCH3 is 1. The lowest BCUT2D eigenvalue weighted by atomic mass is 10.2. The second-order valence-corrected chi connectivity index (χ2v) is 3.55. The molecule has 0 aliphatic heterocycles. The van der Waals surface area contributed by atoms with Gasteiger partial charge in [-0.25, -0.2) is 14.8 Å². The third-order valence-corrected chi connectivity index (χ3v) is 2.35. The van der Waals surface area contributed by atoms with Gasteiger partial charge in [0.1, 0.15) is 11.6 Å². The Bertz CT molecular complexity index is 635. The Balaban J connectivity index is 2.42. The lowest BCUT2D eigenvalue weighted by Crippen LogP contribution is -2.14. The zero-order valence-electron chi connectivity index (χ0n) is 10.1. The highest BCUT2D eigenvalue weighted by Gasteiger charge is 2.11. The summed E-state index contributed by atoms with van der Waals surface area (Å²) >= 11 is 0. The molecule has 2 aromatic rings. The lowest BCUT2D eigenvalue weighted by molar-refractivity contribution is 0.187. The first-order valence-electron chi connectivity index (χ1n) is 5.42. The van der Waals surface area contributed by atoms with Crippen molar-refractivity contribution in [3.63, 3.8) is 0 Å². The number of nitrogens with one attached hydrogen (secondary N) is 1. The molecule has 6 nitrogen and oxygen atoms in total. The third kappa shape index (κ3) is 2.84. The summed E-state index contributed by atoms with van der Waals surface area (Å²) in [4.78, 5) is 19.4. The van der Waals surface area contributed by atoms with Crippen molar-refractivity contribution in [1.82, 2.24) is 9.97 Å². The molecule has 0 radical (unpaired) electrons. The molecule has 1 N–H and O–H groups in total. The van der Waals surface area contributed by atoms with Crippen LogP contribution in [0.2, 0.25) is 0 Å². The van der Waals surface area contributed by atoms with Gasteiger partial charge in [0, 0.05) is 5.56 Å². The van der Waals surface area contributed by atoms with Gasteiger partial charge in [0.15, 0.2) is 11.6 Å². The van der Waals surface area contributed by atoms with Gasteiger partial charge in [-0.15, -0.1) is 0 Å². The predicted molar refractivity (Wildman–Crippen MR) is 68.2 cm³/mol. The first-order chi connectivity index (χ1) is 9.24. The van der Waals surface area contributed by atoms with Crippen LogP contribution in [0.3, 0.4) is 0 Å². The molecule has 6 heteroatoms. The van der Waals surface area contributed by atoms with E-state index in [1.54, 1.807) is 0 Å². The minimum atomic E-state index is -0.686. The van der Waals surface area contributed by atoms with E-state index < -0.39 is 6.09 Å². The normalized spacial score (nSPS) is 9.47. The Morgan fingerprint density at radius 2 is 2.11 bits per heavy atom. The largest absolute Gasteiger partial charge is 0.453 e. The standard InChI is InChI=1S/C13H10N4O2/c1-19-13(18)17-12-10(7-14)8-15-11(16-12)9-5-3-2-4-6-9/h2-6,8H,1H3,(H,15,16,17,18). The Morgan fingerprint density at radius 1 is 1.37 bits per heavy atom. The fourth-order valence-corrected chi connectivity index (χ4v) is 1.43. The van der Waals surface area contributed by atoms with E-state index >= 15 is 0 Å². The number of nitriles is 1. The molecule has 19 heavy (non-hydrogen) atoms. The van der Waals surface area contributed by atoms with Crippen LogP contribution >= 0.6 is 0 Å².